The third-order valence-electron chi connectivity index (χ3n) is 6.79. The van der Waals surface area contributed by atoms with E-state index in [4.69, 9.17) is 0 Å². The fraction of sp³-hybridized carbons (Fsp3) is 0.500. The Kier molecular flexibility index (Phi) is 3.52. The van der Waals surface area contributed by atoms with Gasteiger partial charge >= 0.3 is 11.4 Å². The molecule has 0 saturated heterocycles. The van der Waals surface area contributed by atoms with E-state index in [-0.39, 0.29) is 46.1 Å². The van der Waals surface area contributed by atoms with E-state index in [9.17, 15) is 9.59 Å². The number of aromatic nitrogens is 3. The van der Waals surface area contributed by atoms with Crippen molar-refractivity contribution in [2.45, 2.75) is 53.6 Å². The maximum atomic E-state index is 13.4. The summed E-state index contributed by atoms with van der Waals surface area (Å²) >= 11 is 0. The Morgan fingerprint density at radius 3 is 1.48 bits per heavy atom. The molecule has 2 aromatic rings. The van der Waals surface area contributed by atoms with Gasteiger partial charge in [0, 0.05) is 11.8 Å². The molecule has 1 aromatic carbocycles. The van der Waals surface area contributed by atoms with Crippen LogP contribution < -0.4 is 11.4 Å². The molecule has 0 N–H and O–H groups in total. The Labute approximate surface area is 171 Å². The van der Waals surface area contributed by atoms with Crippen LogP contribution in [0.25, 0.3) is 5.69 Å². The molecule has 5 nitrogen and oxygen atoms in total. The summed E-state index contributed by atoms with van der Waals surface area (Å²) in [5, 5.41) is 0. The van der Waals surface area contributed by atoms with E-state index >= 15 is 0 Å². The van der Waals surface area contributed by atoms with E-state index in [1.165, 1.54) is 15.7 Å². The van der Waals surface area contributed by atoms with Crippen molar-refractivity contribution in [3.05, 3.63) is 74.6 Å². The van der Waals surface area contributed by atoms with Crippen LogP contribution in [0.4, 0.5) is 0 Å². The Morgan fingerprint density at radius 2 is 1.10 bits per heavy atom. The Hall–Kier alpha value is -2.56. The van der Waals surface area contributed by atoms with Crippen molar-refractivity contribution < 1.29 is 0 Å². The zero-order chi connectivity index (χ0) is 20.9. The molecule has 0 saturated carbocycles. The molecule has 4 aliphatic rings. The first-order valence-electron chi connectivity index (χ1n) is 10.5. The van der Waals surface area contributed by atoms with E-state index in [1.54, 1.807) is 9.36 Å². The predicted molar refractivity (Wildman–Crippen MR) is 114 cm³/mol. The zero-order valence-corrected chi connectivity index (χ0v) is 18.0. The first-order valence-corrected chi connectivity index (χ1v) is 10.5. The molecule has 2 aliphatic carbocycles. The minimum atomic E-state index is -0.239. The minimum Gasteiger partial charge on any atom is -0.245 e. The SMILES string of the molecule is CC(C)(C)C1=C(C(C)(C)C)[C@H]2[C@@H]1[C@H]1C=C[C@H]2n2c(=O)n(-c3ccccc3)c(=O)n21. The number of nitrogens with zero attached hydrogens (tertiary/aromatic N) is 3. The summed E-state index contributed by atoms with van der Waals surface area (Å²) in [5.74, 6) is 0.561. The second-order valence-corrected chi connectivity index (χ2v) is 10.7. The van der Waals surface area contributed by atoms with Gasteiger partial charge in [-0.2, -0.15) is 0 Å². The summed E-state index contributed by atoms with van der Waals surface area (Å²) in [6.45, 7) is 13.6. The molecule has 0 amide bonds. The maximum absolute atomic E-state index is 13.4. The van der Waals surface area contributed by atoms with Gasteiger partial charge in [0.25, 0.3) is 0 Å². The highest BCUT2D eigenvalue weighted by molar-refractivity contribution is 5.46. The van der Waals surface area contributed by atoms with Crippen molar-refractivity contribution in [2.24, 2.45) is 22.7 Å². The lowest BCUT2D eigenvalue weighted by molar-refractivity contribution is 0.0738. The van der Waals surface area contributed by atoms with Gasteiger partial charge in [-0.1, -0.05) is 83.0 Å². The van der Waals surface area contributed by atoms with Crippen molar-refractivity contribution in [3.8, 4) is 5.69 Å². The number of para-hydroxylation sites is 1. The maximum Gasteiger partial charge on any atom is 0.352 e. The van der Waals surface area contributed by atoms with Gasteiger partial charge in [0.1, 0.15) is 0 Å². The highest BCUT2D eigenvalue weighted by atomic mass is 16.2. The van der Waals surface area contributed by atoms with Gasteiger partial charge < -0.3 is 0 Å². The average Bonchev–Trinajstić information content (AvgIpc) is 2.86. The van der Waals surface area contributed by atoms with Crippen LogP contribution in [0.1, 0.15) is 53.6 Å². The van der Waals surface area contributed by atoms with Crippen molar-refractivity contribution in [2.75, 3.05) is 0 Å². The third kappa shape index (κ3) is 2.27. The molecule has 1 aromatic heterocycles. The highest BCUT2D eigenvalue weighted by Gasteiger charge is 2.59. The van der Waals surface area contributed by atoms with Crippen LogP contribution in [0.2, 0.25) is 0 Å². The lowest BCUT2D eigenvalue weighted by Crippen LogP contribution is -2.57. The summed E-state index contributed by atoms with van der Waals surface area (Å²) in [6.07, 6.45) is 4.29. The van der Waals surface area contributed by atoms with Crippen molar-refractivity contribution >= 4 is 0 Å². The minimum absolute atomic E-state index is 0.0336. The number of benzene rings is 1. The smallest absolute Gasteiger partial charge is 0.245 e. The first-order chi connectivity index (χ1) is 13.5. The molecular formula is C24H29N3O2. The number of rotatable bonds is 1. The molecule has 6 rings (SSSR count). The van der Waals surface area contributed by atoms with E-state index in [2.05, 4.69) is 53.7 Å². The van der Waals surface area contributed by atoms with Crippen molar-refractivity contribution in [1.29, 1.82) is 0 Å². The molecule has 0 fully saturated rings. The fourth-order valence-corrected chi connectivity index (χ4v) is 5.94. The van der Waals surface area contributed by atoms with Gasteiger partial charge in [0.05, 0.1) is 17.8 Å². The molecule has 3 heterocycles. The van der Waals surface area contributed by atoms with Gasteiger partial charge in [-0.25, -0.2) is 23.5 Å². The highest BCUT2D eigenvalue weighted by Crippen LogP contribution is 2.65. The third-order valence-corrected chi connectivity index (χ3v) is 6.79. The normalized spacial score (nSPS) is 27.7. The molecule has 152 valence electrons. The molecule has 0 radical (unpaired) electrons. The second kappa shape index (κ2) is 5.53. The van der Waals surface area contributed by atoms with Crippen LogP contribution >= 0.6 is 0 Å². The molecule has 2 bridgehead atoms. The first kappa shape index (κ1) is 18.5. The Bertz CT molecular complexity index is 1100. The molecule has 29 heavy (non-hydrogen) atoms. The van der Waals surface area contributed by atoms with Crippen molar-refractivity contribution in [3.63, 3.8) is 0 Å². The van der Waals surface area contributed by atoms with Gasteiger partial charge in [-0.15, -0.1) is 0 Å². The van der Waals surface area contributed by atoms with Crippen LogP contribution in [-0.2, 0) is 0 Å². The summed E-state index contributed by atoms with van der Waals surface area (Å²) in [5.41, 5.74) is 3.15. The molecule has 2 aliphatic heterocycles. The quantitative estimate of drug-likeness (QED) is 0.687. The lowest BCUT2D eigenvalue weighted by Gasteiger charge is -2.60. The van der Waals surface area contributed by atoms with Gasteiger partial charge in [-0.3, -0.25) is 0 Å². The molecule has 4 atom stereocenters. The van der Waals surface area contributed by atoms with E-state index in [0.717, 1.165) is 0 Å². The van der Waals surface area contributed by atoms with Crippen LogP contribution in [0.5, 0.6) is 0 Å². The lowest BCUT2D eigenvalue weighted by atomic mass is 9.49. The average molecular weight is 392 g/mol. The largest absolute Gasteiger partial charge is 0.352 e. The Balaban J connectivity index is 1.75. The van der Waals surface area contributed by atoms with E-state index in [0.29, 0.717) is 5.69 Å². The molecule has 0 spiro atoms. The summed E-state index contributed by atoms with van der Waals surface area (Å²) in [7, 11) is 0. The summed E-state index contributed by atoms with van der Waals surface area (Å²) in [4.78, 5) is 26.8. The second-order valence-electron chi connectivity index (χ2n) is 10.7. The molecular weight excluding hydrogens is 362 g/mol. The summed E-state index contributed by atoms with van der Waals surface area (Å²) in [6, 6.07) is 9.04. The fourth-order valence-electron chi connectivity index (χ4n) is 5.94. The number of hydrogen-bond acceptors (Lipinski definition) is 2. The van der Waals surface area contributed by atoms with Crippen LogP contribution in [0, 0.1) is 22.7 Å². The van der Waals surface area contributed by atoms with Gasteiger partial charge in [0.15, 0.2) is 0 Å². The van der Waals surface area contributed by atoms with Crippen LogP contribution in [0.15, 0.2) is 63.2 Å². The monoisotopic (exact) mass is 391 g/mol. The Morgan fingerprint density at radius 1 is 0.690 bits per heavy atom. The van der Waals surface area contributed by atoms with Gasteiger partial charge in [0.2, 0.25) is 0 Å². The predicted octanol–water partition coefficient (Wildman–Crippen LogP) is 4.10. The van der Waals surface area contributed by atoms with Crippen LogP contribution in [0.3, 0.4) is 0 Å². The zero-order valence-electron chi connectivity index (χ0n) is 18.0. The molecule has 5 heteroatoms. The summed E-state index contributed by atoms with van der Waals surface area (Å²) < 4.78 is 4.75. The molecule has 0 unspecified atom stereocenters. The topological polar surface area (TPSA) is 48.9 Å². The standard InChI is InChI=1S/C24H29N3O2/c1-23(2,3)19-17-15-12-13-16(18(17)20(19)24(4,5)6)27-22(29)25(21(28)26(15)27)14-10-8-7-9-11-14/h7-13,15-18H,1-6H3/t15-,16-,17-,18+/m1/s1. The van der Waals surface area contributed by atoms with Gasteiger partial charge in [-0.05, 0) is 23.0 Å². The van der Waals surface area contributed by atoms with E-state index in [1.807, 2.05) is 30.3 Å². The van der Waals surface area contributed by atoms with E-state index < -0.39 is 0 Å². The van der Waals surface area contributed by atoms with Crippen LogP contribution in [-0.4, -0.2) is 13.9 Å². The number of hydrogen-bond donors (Lipinski definition) is 0. The number of allylic oxidation sites excluding steroid dienone is 4. The van der Waals surface area contributed by atoms with Crippen molar-refractivity contribution in [1.82, 2.24) is 13.9 Å².